The number of nitrogens with zero attached hydrogens (tertiary/aromatic N) is 1. The lowest BCUT2D eigenvalue weighted by Gasteiger charge is -2.42. The van der Waals surface area contributed by atoms with Gasteiger partial charge < -0.3 is 4.90 Å². The van der Waals surface area contributed by atoms with Crippen molar-refractivity contribution < 1.29 is 96.0 Å². The summed E-state index contributed by atoms with van der Waals surface area (Å²) in [6.45, 7) is -2.07. The van der Waals surface area contributed by atoms with Crippen molar-refractivity contribution in [3.8, 4) is 0 Å². The van der Waals surface area contributed by atoms with E-state index in [1.54, 1.807) is 0 Å². The highest BCUT2D eigenvalue weighted by atomic mass is 32.2. The molecule has 0 aliphatic heterocycles. The topological polar surface area (TPSA) is 104 Å². The Kier molecular flexibility index (Phi) is 11.2. The van der Waals surface area contributed by atoms with Crippen LogP contribution in [0, 0.1) is 0 Å². The molecule has 0 spiro atoms. The Labute approximate surface area is 218 Å². The van der Waals surface area contributed by atoms with Crippen molar-refractivity contribution in [3.05, 3.63) is 0 Å². The number of rotatable bonds is 16. The fraction of sp³-hybridized carbons (Fsp3) is 1.00. The van der Waals surface area contributed by atoms with Gasteiger partial charge in [-0.05, 0) is 33.0 Å². The highest BCUT2D eigenvalue weighted by Gasteiger charge is 2.96. The standard InChI is InChI=1S/C15H17F17N2O5S2/c1-34(6-3-7-40(35,36)37)5-2-4-33-41(38,39)15(31,32)13(26,27)11(22,23)9(18,19)8(16,17)10(20,21)12(24,25)14(28,29)30/h33H,2-7H2,1H3,(H,35,36,37). The molecule has 0 aliphatic carbocycles. The fourth-order valence-electron chi connectivity index (χ4n) is 2.59. The molecule has 26 heteroatoms. The third kappa shape index (κ3) is 7.05. The molecule has 248 valence electrons. The highest BCUT2D eigenvalue weighted by molar-refractivity contribution is 7.90. The molecule has 0 aromatic rings. The van der Waals surface area contributed by atoms with Crippen molar-refractivity contribution in [2.75, 3.05) is 32.4 Å². The summed E-state index contributed by atoms with van der Waals surface area (Å²) in [5.74, 6) is -52.7. The number of sulfonamides is 1. The molecular weight excluding hydrogens is 675 g/mol. The third-order valence-electron chi connectivity index (χ3n) is 4.98. The molecule has 0 saturated heterocycles. The first kappa shape index (κ1) is 39.6. The fourth-order valence-corrected chi connectivity index (χ4v) is 4.15. The first-order valence-corrected chi connectivity index (χ1v) is 13.0. The lowest BCUT2D eigenvalue weighted by atomic mass is 9.91. The summed E-state index contributed by atoms with van der Waals surface area (Å²) in [6, 6.07) is 0. The van der Waals surface area contributed by atoms with Gasteiger partial charge in [-0.1, -0.05) is 0 Å². The molecule has 0 unspecified atom stereocenters. The Morgan fingerprint density at radius 3 is 1.29 bits per heavy atom. The number of hydrogen-bond donors (Lipinski definition) is 2. The summed E-state index contributed by atoms with van der Waals surface area (Å²) < 4.78 is 278. The van der Waals surface area contributed by atoms with Gasteiger partial charge in [0.25, 0.3) is 20.1 Å². The zero-order chi connectivity index (χ0) is 33.5. The van der Waals surface area contributed by atoms with E-state index in [9.17, 15) is 91.5 Å². The minimum Gasteiger partial charge on any atom is -0.306 e. The summed E-state index contributed by atoms with van der Waals surface area (Å²) >= 11 is 0. The van der Waals surface area contributed by atoms with Crippen molar-refractivity contribution in [2.24, 2.45) is 0 Å². The molecule has 7 nitrogen and oxygen atoms in total. The van der Waals surface area contributed by atoms with Crippen LogP contribution in [0.25, 0.3) is 0 Å². The van der Waals surface area contributed by atoms with E-state index in [0.717, 1.165) is 11.9 Å². The molecule has 0 amide bonds. The van der Waals surface area contributed by atoms with Crippen LogP contribution >= 0.6 is 0 Å². The van der Waals surface area contributed by atoms with Crippen molar-refractivity contribution >= 4 is 20.1 Å². The van der Waals surface area contributed by atoms with E-state index in [2.05, 4.69) is 0 Å². The molecule has 0 rings (SSSR count). The average molecular weight is 692 g/mol. The molecule has 0 aliphatic rings. The minimum absolute atomic E-state index is 0.200. The average Bonchev–Trinajstić information content (AvgIpc) is 2.74. The van der Waals surface area contributed by atoms with Crippen molar-refractivity contribution in [2.45, 2.75) is 59.8 Å². The van der Waals surface area contributed by atoms with E-state index in [-0.39, 0.29) is 13.0 Å². The molecule has 0 saturated carbocycles. The summed E-state index contributed by atoms with van der Waals surface area (Å²) in [6.07, 6.45) is -8.91. The smallest absolute Gasteiger partial charge is 0.306 e. The zero-order valence-corrected chi connectivity index (χ0v) is 21.1. The van der Waals surface area contributed by atoms with Crippen LogP contribution in [0.2, 0.25) is 0 Å². The molecular formula is C15H17F17N2O5S2. The lowest BCUT2D eigenvalue weighted by Crippen LogP contribution is -2.75. The van der Waals surface area contributed by atoms with Crippen LogP contribution in [0.3, 0.4) is 0 Å². The molecule has 41 heavy (non-hydrogen) atoms. The molecule has 0 fully saturated rings. The largest absolute Gasteiger partial charge is 0.460 e. The monoisotopic (exact) mass is 692 g/mol. The third-order valence-corrected chi connectivity index (χ3v) is 7.30. The van der Waals surface area contributed by atoms with Crippen LogP contribution in [0.5, 0.6) is 0 Å². The van der Waals surface area contributed by atoms with Gasteiger partial charge in [-0.3, -0.25) is 4.55 Å². The summed E-state index contributed by atoms with van der Waals surface area (Å²) in [5.41, 5.74) is 0. The van der Waals surface area contributed by atoms with Gasteiger partial charge in [0, 0.05) is 6.54 Å². The van der Waals surface area contributed by atoms with E-state index in [0.29, 0.717) is 4.72 Å². The lowest BCUT2D eigenvalue weighted by molar-refractivity contribution is -0.458. The normalized spacial score (nSPS) is 16.0. The van der Waals surface area contributed by atoms with Crippen LogP contribution in [-0.4, -0.2) is 106 Å². The Hall–Kier alpha value is -1.41. The second-order valence-electron chi connectivity index (χ2n) is 8.16. The van der Waals surface area contributed by atoms with Crippen LogP contribution in [0.15, 0.2) is 0 Å². The summed E-state index contributed by atoms with van der Waals surface area (Å²) in [7, 11) is -10.6. The van der Waals surface area contributed by atoms with Crippen LogP contribution in [-0.2, 0) is 20.1 Å². The molecule has 0 aromatic heterocycles. The van der Waals surface area contributed by atoms with Gasteiger partial charge in [0.1, 0.15) is 0 Å². The van der Waals surface area contributed by atoms with Crippen molar-refractivity contribution in [1.82, 2.24) is 9.62 Å². The van der Waals surface area contributed by atoms with Crippen LogP contribution in [0.4, 0.5) is 74.6 Å². The maximum Gasteiger partial charge on any atom is 0.460 e. The number of alkyl halides is 17. The predicted molar refractivity (Wildman–Crippen MR) is 101 cm³/mol. The number of nitrogens with one attached hydrogen (secondary N) is 1. The molecule has 0 atom stereocenters. The highest BCUT2D eigenvalue weighted by Crippen LogP contribution is 2.64. The van der Waals surface area contributed by atoms with E-state index in [4.69, 9.17) is 4.55 Å². The SMILES string of the molecule is CN(CCCNS(=O)(=O)C(F)(F)C(F)(F)C(F)(F)C(F)(F)C(F)(F)C(F)(F)C(F)(F)C(F)(F)F)CCCS(=O)(=O)O. The minimum atomic E-state index is -8.90. The van der Waals surface area contributed by atoms with Gasteiger partial charge in [0.2, 0.25) is 0 Å². The Morgan fingerprint density at radius 1 is 0.585 bits per heavy atom. The second-order valence-corrected chi connectivity index (χ2v) is 11.5. The maximum absolute atomic E-state index is 13.9. The van der Waals surface area contributed by atoms with E-state index in [1.165, 1.54) is 0 Å². The maximum atomic E-state index is 13.9. The first-order valence-electron chi connectivity index (χ1n) is 9.94. The van der Waals surface area contributed by atoms with Crippen molar-refractivity contribution in [1.29, 1.82) is 0 Å². The van der Waals surface area contributed by atoms with Gasteiger partial charge in [-0.15, -0.1) is 0 Å². The zero-order valence-electron chi connectivity index (χ0n) is 19.5. The molecule has 0 bridgehead atoms. The summed E-state index contributed by atoms with van der Waals surface area (Å²) in [5, 5.41) is -7.63. The predicted octanol–water partition coefficient (Wildman–Crippen LogP) is 4.47. The number of hydrogen-bond acceptors (Lipinski definition) is 5. The van der Waals surface area contributed by atoms with Gasteiger partial charge in [-0.25, -0.2) is 13.1 Å². The Morgan fingerprint density at radius 2 is 0.927 bits per heavy atom. The van der Waals surface area contributed by atoms with E-state index >= 15 is 0 Å². The Bertz CT molecular complexity index is 1120. The molecule has 0 aromatic carbocycles. The van der Waals surface area contributed by atoms with Gasteiger partial charge in [0.05, 0.1) is 5.75 Å². The van der Waals surface area contributed by atoms with E-state index < -0.39 is 92.4 Å². The molecule has 2 N–H and O–H groups in total. The van der Waals surface area contributed by atoms with Crippen LogP contribution in [0.1, 0.15) is 12.8 Å². The van der Waals surface area contributed by atoms with Crippen LogP contribution < -0.4 is 4.72 Å². The summed E-state index contributed by atoms with van der Waals surface area (Å²) in [4.78, 5) is 1.10. The quantitative estimate of drug-likeness (QED) is 0.141. The van der Waals surface area contributed by atoms with Gasteiger partial charge >= 0.3 is 47.0 Å². The van der Waals surface area contributed by atoms with Gasteiger partial charge in [-0.2, -0.15) is 83.1 Å². The second kappa shape index (κ2) is 11.6. The van der Waals surface area contributed by atoms with E-state index in [1.807, 2.05) is 0 Å². The molecule has 0 heterocycles. The number of halogens is 17. The molecule has 0 radical (unpaired) electrons. The van der Waals surface area contributed by atoms with Crippen molar-refractivity contribution in [3.63, 3.8) is 0 Å². The Balaban J connectivity index is 6.07. The first-order chi connectivity index (χ1) is 17.6. The van der Waals surface area contributed by atoms with Gasteiger partial charge in [0.15, 0.2) is 0 Å².